The molecule has 1 fully saturated rings. The quantitative estimate of drug-likeness (QED) is 0.468. The zero-order valence-corrected chi connectivity index (χ0v) is 19.1. The smallest absolute Gasteiger partial charge is 0.312 e. The minimum absolute atomic E-state index is 0.00261. The molecule has 32 heavy (non-hydrogen) atoms. The van der Waals surface area contributed by atoms with Crippen LogP contribution in [0.15, 0.2) is 34.1 Å². The van der Waals surface area contributed by atoms with E-state index < -0.39 is 18.0 Å². The third-order valence-corrected chi connectivity index (χ3v) is 6.17. The van der Waals surface area contributed by atoms with E-state index in [0.29, 0.717) is 28.1 Å². The lowest BCUT2D eigenvalue weighted by molar-refractivity contribution is -0.154. The Balaban J connectivity index is 1.45. The van der Waals surface area contributed by atoms with Crippen LogP contribution in [0.1, 0.15) is 25.3 Å². The van der Waals surface area contributed by atoms with Gasteiger partial charge in [0.2, 0.25) is 5.91 Å². The Labute approximate surface area is 192 Å². The second-order valence-corrected chi connectivity index (χ2v) is 8.42. The van der Waals surface area contributed by atoms with Gasteiger partial charge in [-0.15, -0.1) is 21.5 Å². The molecular formula is C21H20ClN3O6S. The first-order valence-corrected chi connectivity index (χ1v) is 11.0. The normalized spacial score (nSPS) is 16.8. The summed E-state index contributed by atoms with van der Waals surface area (Å²) >= 11 is 7.69. The number of halogens is 1. The van der Waals surface area contributed by atoms with Gasteiger partial charge in [0.25, 0.3) is 11.8 Å². The molecule has 0 N–H and O–H groups in total. The average Bonchev–Trinajstić information content (AvgIpc) is 3.53. The van der Waals surface area contributed by atoms with E-state index in [4.69, 9.17) is 30.2 Å². The van der Waals surface area contributed by atoms with Gasteiger partial charge in [-0.25, -0.2) is 0 Å². The minimum Gasteiger partial charge on any atom is -0.495 e. The molecule has 3 heterocycles. The first kappa shape index (κ1) is 22.1. The van der Waals surface area contributed by atoms with Gasteiger partial charge < -0.3 is 23.5 Å². The number of esters is 1. The van der Waals surface area contributed by atoms with E-state index in [-0.39, 0.29) is 24.8 Å². The lowest BCUT2D eigenvalue weighted by Gasteiger charge is -2.21. The third kappa shape index (κ3) is 4.28. The van der Waals surface area contributed by atoms with Crippen LogP contribution >= 0.6 is 22.9 Å². The maximum absolute atomic E-state index is 12.7. The highest BCUT2D eigenvalue weighted by Crippen LogP contribution is 2.40. The number of benzene rings is 1. The molecule has 168 valence electrons. The summed E-state index contributed by atoms with van der Waals surface area (Å²) in [6, 6.07) is 6.91. The van der Waals surface area contributed by atoms with Crippen LogP contribution in [0.4, 0.5) is 5.69 Å². The summed E-state index contributed by atoms with van der Waals surface area (Å²) in [5.41, 5.74) is 0.462. The fourth-order valence-electron chi connectivity index (χ4n) is 3.37. The van der Waals surface area contributed by atoms with Crippen molar-refractivity contribution in [2.24, 2.45) is 5.92 Å². The van der Waals surface area contributed by atoms with E-state index in [9.17, 15) is 9.59 Å². The van der Waals surface area contributed by atoms with Crippen LogP contribution in [-0.2, 0) is 14.3 Å². The highest BCUT2D eigenvalue weighted by atomic mass is 35.5. The summed E-state index contributed by atoms with van der Waals surface area (Å²) < 4.78 is 21.7. The van der Waals surface area contributed by atoms with E-state index in [1.165, 1.54) is 30.5 Å². The SMILES string of the molecule is COc1cc(OC)c(N2CC(C(=O)OC(C)c3nnc(-c4cccs4)o3)CC2=O)cc1Cl. The molecule has 1 aliphatic rings. The minimum atomic E-state index is -0.752. The van der Waals surface area contributed by atoms with E-state index >= 15 is 0 Å². The van der Waals surface area contributed by atoms with Crippen LogP contribution in [0.2, 0.25) is 5.02 Å². The summed E-state index contributed by atoms with van der Waals surface area (Å²) in [5, 5.41) is 10.2. The molecule has 11 heteroatoms. The Morgan fingerprint density at radius 1 is 1.28 bits per heavy atom. The van der Waals surface area contributed by atoms with Crippen LogP contribution < -0.4 is 14.4 Å². The molecule has 2 aromatic heterocycles. The maximum Gasteiger partial charge on any atom is 0.312 e. The number of methoxy groups -OCH3 is 2. The largest absolute Gasteiger partial charge is 0.495 e. The molecule has 0 radical (unpaired) electrons. The zero-order valence-electron chi connectivity index (χ0n) is 17.5. The lowest BCUT2D eigenvalue weighted by Crippen LogP contribution is -2.27. The molecule has 0 spiro atoms. The fraction of sp³-hybridized carbons (Fsp3) is 0.333. The Hall–Kier alpha value is -3.11. The Morgan fingerprint density at radius 2 is 2.06 bits per heavy atom. The molecular weight excluding hydrogens is 458 g/mol. The predicted octanol–water partition coefficient (Wildman–Crippen LogP) is 4.13. The van der Waals surface area contributed by atoms with Crippen molar-refractivity contribution in [3.05, 3.63) is 40.6 Å². The van der Waals surface area contributed by atoms with Gasteiger partial charge in [0.1, 0.15) is 11.5 Å². The van der Waals surface area contributed by atoms with Crippen LogP contribution in [0.3, 0.4) is 0 Å². The van der Waals surface area contributed by atoms with Gasteiger partial charge in [-0.2, -0.15) is 0 Å². The van der Waals surface area contributed by atoms with Gasteiger partial charge in [-0.1, -0.05) is 17.7 Å². The summed E-state index contributed by atoms with van der Waals surface area (Å²) in [6.07, 6.45) is -0.749. The number of hydrogen-bond donors (Lipinski definition) is 0. The van der Waals surface area contributed by atoms with Gasteiger partial charge in [0, 0.05) is 19.0 Å². The van der Waals surface area contributed by atoms with Crippen molar-refractivity contribution in [2.75, 3.05) is 25.7 Å². The molecule has 2 unspecified atom stereocenters. The Morgan fingerprint density at radius 3 is 2.75 bits per heavy atom. The van der Waals surface area contributed by atoms with Crippen molar-refractivity contribution >= 4 is 40.5 Å². The molecule has 0 aliphatic carbocycles. The van der Waals surface area contributed by atoms with Gasteiger partial charge in [-0.05, 0) is 24.4 Å². The van der Waals surface area contributed by atoms with Crippen molar-refractivity contribution in [1.29, 1.82) is 0 Å². The Bertz CT molecular complexity index is 1130. The molecule has 1 saturated heterocycles. The van der Waals surface area contributed by atoms with Crippen molar-refractivity contribution in [3.8, 4) is 22.3 Å². The number of carbonyl (C=O) groups excluding carboxylic acids is 2. The second-order valence-electron chi connectivity index (χ2n) is 7.07. The van der Waals surface area contributed by atoms with Crippen LogP contribution in [0, 0.1) is 5.92 Å². The Kier molecular flexibility index (Phi) is 6.33. The van der Waals surface area contributed by atoms with Gasteiger partial charge in [0.05, 0.1) is 35.7 Å². The molecule has 4 rings (SSSR count). The van der Waals surface area contributed by atoms with Crippen LogP contribution in [0.25, 0.3) is 10.8 Å². The van der Waals surface area contributed by atoms with Gasteiger partial charge in [-0.3, -0.25) is 9.59 Å². The number of ether oxygens (including phenoxy) is 3. The summed E-state index contributed by atoms with van der Waals surface area (Å²) in [6.45, 7) is 1.78. The van der Waals surface area contributed by atoms with E-state index in [2.05, 4.69) is 10.2 Å². The van der Waals surface area contributed by atoms with E-state index in [1.807, 2.05) is 17.5 Å². The van der Waals surface area contributed by atoms with E-state index in [1.54, 1.807) is 19.1 Å². The number of aromatic nitrogens is 2. The predicted molar refractivity (Wildman–Crippen MR) is 117 cm³/mol. The topological polar surface area (TPSA) is 104 Å². The monoisotopic (exact) mass is 477 g/mol. The maximum atomic E-state index is 12.7. The molecule has 0 bridgehead atoms. The number of hydrogen-bond acceptors (Lipinski definition) is 9. The first-order chi connectivity index (χ1) is 15.4. The van der Waals surface area contributed by atoms with Crippen LogP contribution in [-0.4, -0.2) is 42.8 Å². The average molecular weight is 478 g/mol. The number of thiophene rings is 1. The summed E-state index contributed by atoms with van der Waals surface area (Å²) in [5.74, 6) is -0.0378. The third-order valence-electron chi connectivity index (χ3n) is 5.02. The zero-order chi connectivity index (χ0) is 22.8. The van der Waals surface area contributed by atoms with Gasteiger partial charge >= 0.3 is 5.97 Å². The molecule has 9 nitrogen and oxygen atoms in total. The summed E-state index contributed by atoms with van der Waals surface area (Å²) in [4.78, 5) is 27.7. The second kappa shape index (κ2) is 9.17. The van der Waals surface area contributed by atoms with Crippen molar-refractivity contribution < 1.29 is 28.2 Å². The molecule has 1 aliphatic heterocycles. The molecule has 3 aromatic rings. The van der Waals surface area contributed by atoms with Gasteiger partial charge in [0.15, 0.2) is 6.10 Å². The van der Waals surface area contributed by atoms with Crippen molar-refractivity contribution in [1.82, 2.24) is 10.2 Å². The number of carbonyl (C=O) groups is 2. The van der Waals surface area contributed by atoms with Crippen molar-refractivity contribution in [2.45, 2.75) is 19.4 Å². The fourth-order valence-corrected chi connectivity index (χ4v) is 4.25. The number of rotatable bonds is 7. The first-order valence-electron chi connectivity index (χ1n) is 9.71. The highest BCUT2D eigenvalue weighted by molar-refractivity contribution is 7.13. The molecule has 0 saturated carbocycles. The number of anilines is 1. The highest BCUT2D eigenvalue weighted by Gasteiger charge is 2.38. The van der Waals surface area contributed by atoms with Crippen LogP contribution in [0.5, 0.6) is 11.5 Å². The lowest BCUT2D eigenvalue weighted by atomic mass is 10.1. The molecule has 2 atom stereocenters. The number of amides is 1. The summed E-state index contributed by atoms with van der Waals surface area (Å²) in [7, 11) is 2.97. The van der Waals surface area contributed by atoms with E-state index in [0.717, 1.165) is 4.88 Å². The standard InChI is InChI=1S/C21H20ClN3O6S/c1-11(19-23-24-20(31-19)17-5-4-6-32-17)30-21(27)12-7-18(26)25(10-12)14-8-13(22)15(28-2)9-16(14)29-3/h4-6,8-9,11-12H,7,10H2,1-3H3. The molecule has 1 aromatic carbocycles. The number of nitrogens with zero attached hydrogens (tertiary/aromatic N) is 3. The van der Waals surface area contributed by atoms with Crippen molar-refractivity contribution in [3.63, 3.8) is 0 Å². The molecule has 1 amide bonds.